The third kappa shape index (κ3) is 4.64. The van der Waals surface area contributed by atoms with Crippen LogP contribution in [0.2, 0.25) is 0 Å². The standard InChI is InChI=1S/C26H20BrNO3S/c1-32(30,31)28(18-20-9-3-7-13-25(20)27)17-16-19-8-2-4-10-21(19)23-14-15-26(29)24-12-6-5-11-22(23)24/h2-15,29H,18H2,1H3. The Kier molecular flexibility index (Phi) is 6.22. The van der Waals surface area contributed by atoms with Crippen LogP contribution in [0, 0.1) is 12.0 Å². The number of hydrogen-bond acceptors (Lipinski definition) is 3. The third-order valence-electron chi connectivity index (χ3n) is 5.11. The number of benzene rings is 4. The Morgan fingerprint density at radius 1 is 0.844 bits per heavy atom. The summed E-state index contributed by atoms with van der Waals surface area (Å²) in [5, 5.41) is 11.9. The van der Waals surface area contributed by atoms with Gasteiger partial charge in [-0.2, -0.15) is 0 Å². The van der Waals surface area contributed by atoms with Crippen LogP contribution in [-0.2, 0) is 16.6 Å². The summed E-state index contributed by atoms with van der Waals surface area (Å²) in [6.07, 6.45) is 1.15. The molecule has 4 aromatic rings. The van der Waals surface area contributed by atoms with Gasteiger partial charge in [0.2, 0.25) is 10.0 Å². The van der Waals surface area contributed by atoms with Crippen LogP contribution >= 0.6 is 15.9 Å². The van der Waals surface area contributed by atoms with Gasteiger partial charge in [0.25, 0.3) is 0 Å². The lowest BCUT2D eigenvalue weighted by atomic mass is 9.94. The van der Waals surface area contributed by atoms with E-state index >= 15 is 0 Å². The molecule has 0 aliphatic heterocycles. The number of fused-ring (bicyclic) bond motifs is 1. The van der Waals surface area contributed by atoms with Crippen molar-refractivity contribution < 1.29 is 13.5 Å². The van der Waals surface area contributed by atoms with Crippen molar-refractivity contribution in [2.45, 2.75) is 6.54 Å². The molecule has 0 heterocycles. The molecule has 1 N–H and O–H groups in total. The first-order valence-corrected chi connectivity index (χ1v) is 12.5. The number of sulfonamides is 1. The molecule has 160 valence electrons. The van der Waals surface area contributed by atoms with E-state index in [-0.39, 0.29) is 12.3 Å². The monoisotopic (exact) mass is 505 g/mol. The zero-order valence-electron chi connectivity index (χ0n) is 17.3. The molecule has 32 heavy (non-hydrogen) atoms. The Morgan fingerprint density at radius 2 is 1.50 bits per heavy atom. The number of aromatic hydroxyl groups is 1. The van der Waals surface area contributed by atoms with Crippen molar-refractivity contribution in [2.75, 3.05) is 6.26 Å². The Labute approximate surface area is 196 Å². The molecule has 0 unspecified atom stereocenters. The Bertz CT molecular complexity index is 1470. The van der Waals surface area contributed by atoms with Gasteiger partial charge in [0, 0.05) is 21.5 Å². The first kappa shape index (κ1) is 21.9. The fourth-order valence-electron chi connectivity index (χ4n) is 3.49. The van der Waals surface area contributed by atoms with Gasteiger partial charge in [-0.25, -0.2) is 12.7 Å². The van der Waals surface area contributed by atoms with Crippen molar-refractivity contribution in [1.82, 2.24) is 4.31 Å². The molecule has 0 amide bonds. The molecule has 0 aliphatic carbocycles. The van der Waals surface area contributed by atoms with Crippen LogP contribution in [0.1, 0.15) is 11.1 Å². The summed E-state index contributed by atoms with van der Waals surface area (Å²) < 4.78 is 26.8. The van der Waals surface area contributed by atoms with Gasteiger partial charge in [-0.15, -0.1) is 0 Å². The van der Waals surface area contributed by atoms with Crippen LogP contribution in [0.3, 0.4) is 0 Å². The smallest absolute Gasteiger partial charge is 0.239 e. The van der Waals surface area contributed by atoms with Gasteiger partial charge in [0.1, 0.15) is 5.75 Å². The zero-order valence-corrected chi connectivity index (χ0v) is 19.7. The minimum Gasteiger partial charge on any atom is -0.507 e. The highest BCUT2D eigenvalue weighted by molar-refractivity contribution is 9.10. The second-order valence-corrected chi connectivity index (χ2v) is 10.1. The van der Waals surface area contributed by atoms with Crippen molar-refractivity contribution in [3.63, 3.8) is 0 Å². The average molecular weight is 506 g/mol. The van der Waals surface area contributed by atoms with Gasteiger partial charge in [-0.05, 0) is 46.2 Å². The number of phenolic OH excluding ortho intramolecular Hbond substituents is 1. The maximum absolute atomic E-state index is 12.4. The fourth-order valence-corrected chi connectivity index (χ4v) is 4.48. The summed E-state index contributed by atoms with van der Waals surface area (Å²) >= 11 is 3.47. The summed E-state index contributed by atoms with van der Waals surface area (Å²) in [6.45, 7) is 0.136. The second kappa shape index (κ2) is 9.07. The van der Waals surface area contributed by atoms with Crippen molar-refractivity contribution in [1.29, 1.82) is 0 Å². The van der Waals surface area contributed by atoms with E-state index in [4.69, 9.17) is 0 Å². The van der Waals surface area contributed by atoms with Crippen LogP contribution in [0.25, 0.3) is 21.9 Å². The van der Waals surface area contributed by atoms with E-state index in [0.717, 1.165) is 42.5 Å². The topological polar surface area (TPSA) is 57.6 Å². The molecule has 4 aromatic carbocycles. The van der Waals surface area contributed by atoms with E-state index < -0.39 is 10.0 Å². The molecule has 0 fully saturated rings. The molecule has 6 heteroatoms. The van der Waals surface area contributed by atoms with E-state index in [1.165, 1.54) is 0 Å². The molecule has 0 saturated carbocycles. The quantitative estimate of drug-likeness (QED) is 0.284. The maximum Gasteiger partial charge on any atom is 0.239 e. The molecular formula is C26H20BrNO3S. The SMILES string of the molecule is CS(=O)(=O)N(C#Cc1ccccc1-c1ccc(O)c2ccccc12)Cc1ccccc1Br. The Hall–Kier alpha value is -3.27. The van der Waals surface area contributed by atoms with Gasteiger partial charge >= 0.3 is 0 Å². The molecule has 0 radical (unpaired) electrons. The van der Waals surface area contributed by atoms with Gasteiger partial charge in [0.05, 0.1) is 12.8 Å². The lowest BCUT2D eigenvalue weighted by Gasteiger charge is -2.16. The van der Waals surface area contributed by atoms with Crippen LogP contribution in [-0.4, -0.2) is 24.1 Å². The van der Waals surface area contributed by atoms with Crippen LogP contribution < -0.4 is 0 Å². The highest BCUT2D eigenvalue weighted by Gasteiger charge is 2.15. The fraction of sp³-hybridized carbons (Fsp3) is 0.0769. The van der Waals surface area contributed by atoms with E-state index in [1.54, 1.807) is 6.07 Å². The van der Waals surface area contributed by atoms with Crippen LogP contribution in [0.15, 0.2) is 89.4 Å². The highest BCUT2D eigenvalue weighted by Crippen LogP contribution is 2.35. The van der Waals surface area contributed by atoms with Gasteiger partial charge in [0.15, 0.2) is 0 Å². The highest BCUT2D eigenvalue weighted by atomic mass is 79.9. The van der Waals surface area contributed by atoms with E-state index in [9.17, 15) is 13.5 Å². The number of nitrogens with zero attached hydrogens (tertiary/aromatic N) is 1. The molecule has 0 aromatic heterocycles. The van der Waals surface area contributed by atoms with Gasteiger partial charge in [-0.1, -0.05) is 82.7 Å². The number of hydrogen-bond donors (Lipinski definition) is 1. The lowest BCUT2D eigenvalue weighted by molar-refractivity contribution is 0.481. The largest absolute Gasteiger partial charge is 0.507 e. The first-order chi connectivity index (χ1) is 15.3. The van der Waals surface area contributed by atoms with Crippen LogP contribution in [0.5, 0.6) is 5.75 Å². The van der Waals surface area contributed by atoms with E-state index in [2.05, 4.69) is 27.9 Å². The lowest BCUT2D eigenvalue weighted by Crippen LogP contribution is -2.24. The van der Waals surface area contributed by atoms with Crippen LogP contribution in [0.4, 0.5) is 0 Å². The normalized spacial score (nSPS) is 11.1. The summed E-state index contributed by atoms with van der Waals surface area (Å²) in [7, 11) is -3.56. The minimum atomic E-state index is -3.56. The first-order valence-electron chi connectivity index (χ1n) is 9.87. The van der Waals surface area contributed by atoms with Crippen molar-refractivity contribution in [3.8, 4) is 28.8 Å². The molecule has 0 aliphatic rings. The maximum atomic E-state index is 12.4. The Balaban J connectivity index is 1.79. The summed E-state index contributed by atoms with van der Waals surface area (Å²) in [6, 6.07) is 29.0. The van der Waals surface area contributed by atoms with Gasteiger partial charge < -0.3 is 5.11 Å². The molecular weight excluding hydrogens is 486 g/mol. The molecule has 0 saturated heterocycles. The molecule has 4 rings (SSSR count). The molecule has 0 spiro atoms. The van der Waals surface area contributed by atoms with E-state index in [1.807, 2.05) is 78.9 Å². The molecule has 0 bridgehead atoms. The number of phenols is 1. The second-order valence-electron chi connectivity index (χ2n) is 7.32. The molecule has 0 atom stereocenters. The number of halogens is 1. The summed E-state index contributed by atoms with van der Waals surface area (Å²) in [4.78, 5) is 0. The zero-order chi connectivity index (χ0) is 22.7. The predicted octanol–water partition coefficient (Wildman–Crippen LogP) is 5.75. The number of rotatable bonds is 4. The minimum absolute atomic E-state index is 0.136. The Morgan fingerprint density at radius 3 is 2.25 bits per heavy atom. The average Bonchev–Trinajstić information content (AvgIpc) is 2.78. The predicted molar refractivity (Wildman–Crippen MR) is 132 cm³/mol. The van der Waals surface area contributed by atoms with Crippen molar-refractivity contribution >= 4 is 36.7 Å². The summed E-state index contributed by atoms with van der Waals surface area (Å²) in [5.41, 5.74) is 3.31. The van der Waals surface area contributed by atoms with Crippen molar-refractivity contribution in [3.05, 3.63) is 101 Å². The third-order valence-corrected chi connectivity index (χ3v) is 6.90. The molecule has 4 nitrogen and oxygen atoms in total. The van der Waals surface area contributed by atoms with E-state index in [0.29, 0.717) is 5.56 Å². The van der Waals surface area contributed by atoms with Crippen molar-refractivity contribution in [2.24, 2.45) is 0 Å². The summed E-state index contributed by atoms with van der Waals surface area (Å²) in [5.74, 6) is 3.27. The van der Waals surface area contributed by atoms with Gasteiger partial charge in [-0.3, -0.25) is 0 Å².